The molecular weight excluding hydrogens is 200 g/mol. The molecule has 2 rings (SSSR count). The Labute approximate surface area is 94.2 Å². The fraction of sp³-hybridized carbons (Fsp3) is 0.0833. The lowest BCUT2D eigenvalue weighted by molar-refractivity contribution is 0.874. The number of imidazole rings is 1. The molecule has 1 aromatic heterocycles. The largest absolute Gasteiger partial charge is 0.387 e. The Morgan fingerprint density at radius 3 is 2.81 bits per heavy atom. The molecule has 0 fully saturated rings. The molecule has 4 nitrogen and oxygen atoms in total. The van der Waals surface area contributed by atoms with Crippen LogP contribution in [-0.2, 0) is 6.54 Å². The zero-order valence-corrected chi connectivity index (χ0v) is 8.85. The number of nitrogens with two attached hydrogens (primary N) is 1. The second kappa shape index (κ2) is 5.02. The van der Waals surface area contributed by atoms with Gasteiger partial charge in [0.15, 0.2) is 5.95 Å². The van der Waals surface area contributed by atoms with Gasteiger partial charge in [0.1, 0.15) is 0 Å². The van der Waals surface area contributed by atoms with Crippen LogP contribution in [0.2, 0.25) is 0 Å². The number of hydrogen-bond acceptors (Lipinski definition) is 3. The number of nitrogens with zero attached hydrogens (tertiary/aromatic N) is 1. The molecule has 0 aliphatic carbocycles. The minimum atomic E-state index is 0.433. The first-order valence-corrected chi connectivity index (χ1v) is 5.09. The van der Waals surface area contributed by atoms with E-state index in [1.54, 1.807) is 6.20 Å². The van der Waals surface area contributed by atoms with Gasteiger partial charge in [-0.25, -0.2) is 4.98 Å². The Morgan fingerprint density at radius 2 is 2.12 bits per heavy atom. The standard InChI is InChI=1S/C12H14N4/c13-12-15-9-11(16-12)6-7-14-8-10-4-2-1-3-5-10/h1-7,9,14H,8H2,(H3,13,15,16)/b7-6+. The lowest BCUT2D eigenvalue weighted by atomic mass is 10.2. The molecule has 0 spiro atoms. The highest BCUT2D eigenvalue weighted by molar-refractivity contribution is 5.45. The van der Waals surface area contributed by atoms with E-state index < -0.39 is 0 Å². The lowest BCUT2D eigenvalue weighted by Crippen LogP contribution is -2.03. The topological polar surface area (TPSA) is 66.7 Å². The first-order chi connectivity index (χ1) is 7.84. The van der Waals surface area contributed by atoms with Crippen LogP contribution in [0.15, 0.2) is 42.7 Å². The third-order valence-electron chi connectivity index (χ3n) is 2.14. The molecule has 16 heavy (non-hydrogen) atoms. The Bertz CT molecular complexity index is 459. The van der Waals surface area contributed by atoms with Gasteiger partial charge in [-0.1, -0.05) is 30.3 Å². The molecule has 0 bridgehead atoms. The summed E-state index contributed by atoms with van der Waals surface area (Å²) in [5.41, 5.74) is 7.59. The van der Waals surface area contributed by atoms with E-state index in [1.807, 2.05) is 30.5 Å². The number of anilines is 1. The van der Waals surface area contributed by atoms with E-state index in [9.17, 15) is 0 Å². The van der Waals surface area contributed by atoms with Gasteiger partial charge in [0.2, 0.25) is 0 Å². The average molecular weight is 214 g/mol. The lowest BCUT2D eigenvalue weighted by Gasteiger charge is -1.99. The van der Waals surface area contributed by atoms with Crippen LogP contribution < -0.4 is 11.1 Å². The van der Waals surface area contributed by atoms with Crippen molar-refractivity contribution in [3.8, 4) is 0 Å². The van der Waals surface area contributed by atoms with Crippen LogP contribution in [0.25, 0.3) is 6.08 Å². The number of H-pyrrole nitrogens is 1. The maximum atomic E-state index is 5.45. The zero-order valence-electron chi connectivity index (χ0n) is 8.85. The predicted molar refractivity (Wildman–Crippen MR) is 65.3 cm³/mol. The van der Waals surface area contributed by atoms with Gasteiger partial charge in [-0.3, -0.25) is 0 Å². The normalized spacial score (nSPS) is 10.8. The van der Waals surface area contributed by atoms with Crippen molar-refractivity contribution >= 4 is 12.0 Å². The molecule has 0 saturated heterocycles. The van der Waals surface area contributed by atoms with Crippen molar-refractivity contribution in [1.82, 2.24) is 15.3 Å². The molecule has 0 radical (unpaired) electrons. The highest BCUT2D eigenvalue weighted by Crippen LogP contribution is 2.00. The van der Waals surface area contributed by atoms with Crippen molar-refractivity contribution in [2.45, 2.75) is 6.54 Å². The van der Waals surface area contributed by atoms with Gasteiger partial charge in [-0.05, 0) is 17.8 Å². The van der Waals surface area contributed by atoms with Crippen LogP contribution in [-0.4, -0.2) is 9.97 Å². The van der Waals surface area contributed by atoms with Crippen molar-refractivity contribution in [2.75, 3.05) is 5.73 Å². The molecule has 82 valence electrons. The summed E-state index contributed by atoms with van der Waals surface area (Å²) in [6, 6.07) is 10.2. The number of rotatable bonds is 4. The van der Waals surface area contributed by atoms with E-state index in [4.69, 9.17) is 5.73 Å². The number of benzene rings is 1. The minimum absolute atomic E-state index is 0.433. The highest BCUT2D eigenvalue weighted by atomic mass is 15.0. The van der Waals surface area contributed by atoms with Gasteiger partial charge >= 0.3 is 0 Å². The van der Waals surface area contributed by atoms with Gasteiger partial charge in [0, 0.05) is 6.54 Å². The van der Waals surface area contributed by atoms with Crippen molar-refractivity contribution in [3.63, 3.8) is 0 Å². The summed E-state index contributed by atoms with van der Waals surface area (Å²) in [5, 5.41) is 3.19. The summed E-state index contributed by atoms with van der Waals surface area (Å²) in [5.74, 6) is 0.433. The van der Waals surface area contributed by atoms with E-state index in [1.165, 1.54) is 5.56 Å². The smallest absolute Gasteiger partial charge is 0.197 e. The second-order valence-corrected chi connectivity index (χ2v) is 3.42. The van der Waals surface area contributed by atoms with Gasteiger partial charge in [-0.15, -0.1) is 0 Å². The molecule has 0 aliphatic heterocycles. The molecule has 0 unspecified atom stereocenters. The van der Waals surface area contributed by atoms with Gasteiger partial charge in [0.05, 0.1) is 11.9 Å². The van der Waals surface area contributed by atoms with Crippen LogP contribution in [0.4, 0.5) is 5.95 Å². The Balaban J connectivity index is 1.82. The minimum Gasteiger partial charge on any atom is -0.387 e. The predicted octanol–water partition coefficient (Wildman–Crippen LogP) is 1.75. The molecule has 0 saturated carbocycles. The molecule has 0 amide bonds. The van der Waals surface area contributed by atoms with E-state index in [-0.39, 0.29) is 0 Å². The van der Waals surface area contributed by atoms with Gasteiger partial charge in [0.25, 0.3) is 0 Å². The fourth-order valence-corrected chi connectivity index (χ4v) is 1.36. The first-order valence-electron chi connectivity index (χ1n) is 5.09. The molecule has 2 aromatic rings. The van der Waals surface area contributed by atoms with Gasteiger partial charge < -0.3 is 16.0 Å². The van der Waals surface area contributed by atoms with Crippen molar-refractivity contribution in [1.29, 1.82) is 0 Å². The molecular formula is C12H14N4. The van der Waals surface area contributed by atoms with E-state index in [2.05, 4.69) is 27.4 Å². The highest BCUT2D eigenvalue weighted by Gasteiger charge is 1.90. The van der Waals surface area contributed by atoms with E-state index in [0.29, 0.717) is 5.95 Å². The van der Waals surface area contributed by atoms with Crippen LogP contribution in [0, 0.1) is 0 Å². The van der Waals surface area contributed by atoms with Crippen LogP contribution in [0.1, 0.15) is 11.3 Å². The summed E-state index contributed by atoms with van der Waals surface area (Å²) >= 11 is 0. The Morgan fingerprint density at radius 1 is 1.31 bits per heavy atom. The second-order valence-electron chi connectivity index (χ2n) is 3.42. The maximum Gasteiger partial charge on any atom is 0.197 e. The average Bonchev–Trinajstić information content (AvgIpc) is 2.72. The van der Waals surface area contributed by atoms with Crippen molar-refractivity contribution < 1.29 is 0 Å². The quantitative estimate of drug-likeness (QED) is 0.726. The number of nitrogen functional groups attached to an aromatic ring is 1. The summed E-state index contributed by atoms with van der Waals surface area (Å²) in [7, 11) is 0. The SMILES string of the molecule is Nc1ncc(/C=C/NCc2ccccc2)[nH]1. The molecule has 4 heteroatoms. The van der Waals surface area contributed by atoms with Crippen molar-refractivity contribution in [3.05, 3.63) is 54.0 Å². The maximum absolute atomic E-state index is 5.45. The first kappa shape index (κ1) is 10.3. The van der Waals surface area contributed by atoms with Crippen molar-refractivity contribution in [2.24, 2.45) is 0 Å². The monoisotopic (exact) mass is 214 g/mol. The Kier molecular flexibility index (Phi) is 3.23. The molecule has 1 aromatic carbocycles. The third-order valence-corrected chi connectivity index (χ3v) is 2.14. The number of hydrogen-bond donors (Lipinski definition) is 3. The van der Waals surface area contributed by atoms with Crippen LogP contribution in [0.5, 0.6) is 0 Å². The third kappa shape index (κ3) is 2.88. The summed E-state index contributed by atoms with van der Waals surface area (Å²) < 4.78 is 0. The van der Waals surface area contributed by atoms with E-state index >= 15 is 0 Å². The molecule has 1 heterocycles. The van der Waals surface area contributed by atoms with Crippen LogP contribution >= 0.6 is 0 Å². The summed E-state index contributed by atoms with van der Waals surface area (Å²) in [6.45, 7) is 0.807. The summed E-state index contributed by atoms with van der Waals surface area (Å²) in [6.07, 6.45) is 5.46. The Hall–Kier alpha value is -2.23. The zero-order chi connectivity index (χ0) is 11.2. The number of nitrogens with one attached hydrogen (secondary N) is 2. The fourth-order valence-electron chi connectivity index (χ4n) is 1.36. The molecule has 0 atom stereocenters. The molecule has 0 aliphatic rings. The van der Waals surface area contributed by atoms with E-state index in [0.717, 1.165) is 12.2 Å². The van der Waals surface area contributed by atoms with Gasteiger partial charge in [-0.2, -0.15) is 0 Å². The number of aromatic nitrogens is 2. The molecule has 4 N–H and O–H groups in total. The number of aromatic amines is 1. The van der Waals surface area contributed by atoms with Crippen LogP contribution in [0.3, 0.4) is 0 Å². The summed E-state index contributed by atoms with van der Waals surface area (Å²) in [4.78, 5) is 6.81.